The van der Waals surface area contributed by atoms with E-state index in [1.165, 1.54) is 0 Å². The van der Waals surface area contributed by atoms with Crippen LogP contribution < -0.4 is 9.64 Å². The van der Waals surface area contributed by atoms with Crippen LogP contribution in [0.1, 0.15) is 41.3 Å². The number of fused-ring (bicyclic) bond motifs is 1. The van der Waals surface area contributed by atoms with Crippen LogP contribution in [0.4, 0.5) is 5.69 Å². The quantitative estimate of drug-likeness (QED) is 0.185. The number of carbonyl (C=O) groups is 1. The van der Waals surface area contributed by atoms with Gasteiger partial charge in [-0.1, -0.05) is 49.7 Å². The molecule has 6 rings (SSSR count). The topological polar surface area (TPSA) is 69.6 Å². The normalized spacial score (nSPS) is 11.2. The maximum absolute atomic E-state index is 13.5. The number of anilines is 1. The van der Waals surface area contributed by atoms with E-state index < -0.39 is 0 Å². The molecule has 0 fully saturated rings. The Balaban J connectivity index is 1.30. The molecule has 0 aliphatic carbocycles. The van der Waals surface area contributed by atoms with Crippen molar-refractivity contribution in [2.24, 2.45) is 0 Å². The molecule has 0 bridgehead atoms. The lowest BCUT2D eigenvalue weighted by molar-refractivity contribution is 0.0986. The van der Waals surface area contributed by atoms with Crippen LogP contribution in [0.2, 0.25) is 0 Å². The van der Waals surface area contributed by atoms with Crippen molar-refractivity contribution in [2.75, 3.05) is 18.6 Å². The van der Waals surface area contributed by atoms with E-state index in [4.69, 9.17) is 9.84 Å². The van der Waals surface area contributed by atoms with Crippen LogP contribution in [-0.4, -0.2) is 43.5 Å². The highest BCUT2D eigenvalue weighted by atomic mass is 16.5. The molecule has 0 spiro atoms. The summed E-state index contributed by atoms with van der Waals surface area (Å²) in [6.45, 7) is 5.55. The fraction of sp³-hybridized carbons (Fsp3) is 0.206. The fourth-order valence-electron chi connectivity index (χ4n) is 5.15. The summed E-state index contributed by atoms with van der Waals surface area (Å²) in [5, 5.41) is 9.40. The molecule has 212 valence electrons. The molecule has 0 aliphatic heterocycles. The maximum Gasteiger partial charge on any atom is 0.258 e. The number of rotatable bonds is 10. The second-order valence-corrected chi connectivity index (χ2v) is 10.4. The number of aryl methyl sites for hydroxylation is 1. The summed E-state index contributed by atoms with van der Waals surface area (Å²) in [6, 6.07) is 25.8. The van der Waals surface area contributed by atoms with E-state index in [0.29, 0.717) is 18.7 Å². The Morgan fingerprint density at radius 2 is 1.79 bits per heavy atom. The summed E-state index contributed by atoms with van der Waals surface area (Å²) in [5.74, 6) is 0.845. The Bertz CT molecular complexity index is 1810. The standard InChI is InChI=1S/C34H34N6O2/c1-4-5-17-38(34(41)27-9-7-6-8-10-27)29-14-11-25(2)32(20-29)39-18-19-40-33(39)21-31(36-40)28-22-35-37(24-28)23-26-12-15-30(42-3)16-13-26/h6-16,18-22,24H,4-5,17,23H2,1-3H3. The smallest absolute Gasteiger partial charge is 0.258 e. The van der Waals surface area contributed by atoms with Crippen molar-refractivity contribution in [3.63, 3.8) is 0 Å². The number of carbonyl (C=O) groups excluding carboxylic acids is 1. The molecule has 3 aromatic heterocycles. The molecule has 3 aromatic carbocycles. The Morgan fingerprint density at radius 3 is 2.55 bits per heavy atom. The lowest BCUT2D eigenvalue weighted by atomic mass is 10.1. The van der Waals surface area contributed by atoms with Crippen molar-refractivity contribution in [1.29, 1.82) is 0 Å². The first-order chi connectivity index (χ1) is 20.5. The van der Waals surface area contributed by atoms with Crippen molar-refractivity contribution < 1.29 is 9.53 Å². The van der Waals surface area contributed by atoms with Crippen molar-refractivity contribution in [3.05, 3.63) is 120 Å². The number of benzene rings is 3. The zero-order valence-corrected chi connectivity index (χ0v) is 24.1. The zero-order chi connectivity index (χ0) is 29.1. The van der Waals surface area contributed by atoms with Gasteiger partial charge in [-0.15, -0.1) is 0 Å². The van der Waals surface area contributed by atoms with Gasteiger partial charge in [-0.05, 0) is 60.9 Å². The molecule has 0 saturated heterocycles. The minimum Gasteiger partial charge on any atom is -0.497 e. The molecule has 0 atom stereocenters. The third-order valence-electron chi connectivity index (χ3n) is 7.52. The number of amides is 1. The lowest BCUT2D eigenvalue weighted by Gasteiger charge is -2.24. The van der Waals surface area contributed by atoms with Gasteiger partial charge in [0.1, 0.15) is 11.4 Å². The van der Waals surface area contributed by atoms with Crippen LogP contribution in [0.25, 0.3) is 22.6 Å². The molecule has 8 heteroatoms. The SMILES string of the molecule is CCCCN(C(=O)c1ccccc1)c1ccc(C)c(-n2ccn3nc(-c4cnn(Cc5ccc(OC)cc5)c4)cc23)c1. The molecule has 0 saturated carbocycles. The van der Waals surface area contributed by atoms with E-state index in [2.05, 4.69) is 41.7 Å². The number of hydrogen-bond acceptors (Lipinski definition) is 4. The monoisotopic (exact) mass is 558 g/mol. The Labute approximate surface area is 245 Å². The van der Waals surface area contributed by atoms with E-state index in [0.717, 1.165) is 58.0 Å². The van der Waals surface area contributed by atoms with Gasteiger partial charge < -0.3 is 9.64 Å². The fourth-order valence-corrected chi connectivity index (χ4v) is 5.15. The highest BCUT2D eigenvalue weighted by Gasteiger charge is 2.19. The molecule has 6 aromatic rings. The van der Waals surface area contributed by atoms with E-state index in [-0.39, 0.29) is 5.91 Å². The van der Waals surface area contributed by atoms with Crippen LogP contribution in [0.5, 0.6) is 5.75 Å². The second kappa shape index (κ2) is 11.8. The van der Waals surface area contributed by atoms with Crippen LogP contribution in [0.3, 0.4) is 0 Å². The van der Waals surface area contributed by atoms with Gasteiger partial charge in [-0.25, -0.2) is 4.52 Å². The number of methoxy groups -OCH3 is 1. The van der Waals surface area contributed by atoms with Gasteiger partial charge in [0, 0.05) is 48.0 Å². The van der Waals surface area contributed by atoms with Gasteiger partial charge in [-0.3, -0.25) is 14.0 Å². The third-order valence-corrected chi connectivity index (χ3v) is 7.52. The molecule has 0 radical (unpaired) electrons. The molecule has 42 heavy (non-hydrogen) atoms. The Morgan fingerprint density at radius 1 is 0.976 bits per heavy atom. The number of ether oxygens (including phenoxy) is 1. The summed E-state index contributed by atoms with van der Waals surface area (Å²) < 4.78 is 11.2. The summed E-state index contributed by atoms with van der Waals surface area (Å²) >= 11 is 0. The van der Waals surface area contributed by atoms with Gasteiger partial charge in [0.25, 0.3) is 5.91 Å². The summed E-state index contributed by atoms with van der Waals surface area (Å²) in [5.41, 5.74) is 7.54. The van der Waals surface area contributed by atoms with Gasteiger partial charge in [0.2, 0.25) is 0 Å². The van der Waals surface area contributed by atoms with Crippen molar-refractivity contribution in [2.45, 2.75) is 33.2 Å². The average Bonchev–Trinajstić information content (AvgIpc) is 3.75. The van der Waals surface area contributed by atoms with Gasteiger partial charge in [0.05, 0.1) is 31.2 Å². The van der Waals surface area contributed by atoms with E-state index in [9.17, 15) is 4.79 Å². The summed E-state index contributed by atoms with van der Waals surface area (Å²) in [7, 11) is 1.67. The molecule has 0 unspecified atom stereocenters. The number of nitrogens with zero attached hydrogens (tertiary/aromatic N) is 6. The third kappa shape index (κ3) is 5.43. The van der Waals surface area contributed by atoms with Crippen molar-refractivity contribution in [1.82, 2.24) is 24.0 Å². The molecule has 1 amide bonds. The molecule has 8 nitrogen and oxygen atoms in total. The molecular weight excluding hydrogens is 524 g/mol. The van der Waals surface area contributed by atoms with Gasteiger partial charge in [-0.2, -0.15) is 10.2 Å². The maximum atomic E-state index is 13.5. The first kappa shape index (κ1) is 27.1. The highest BCUT2D eigenvalue weighted by molar-refractivity contribution is 6.06. The molecule has 0 aliphatic rings. The van der Waals surface area contributed by atoms with Crippen molar-refractivity contribution in [3.8, 4) is 22.7 Å². The van der Waals surface area contributed by atoms with Crippen LogP contribution in [0, 0.1) is 6.92 Å². The largest absolute Gasteiger partial charge is 0.497 e. The Hall–Kier alpha value is -5.11. The average molecular weight is 559 g/mol. The number of aromatic nitrogens is 5. The number of imidazole rings is 1. The zero-order valence-electron chi connectivity index (χ0n) is 24.1. The summed E-state index contributed by atoms with van der Waals surface area (Å²) in [6.07, 6.45) is 9.77. The minimum atomic E-state index is 0.00907. The predicted molar refractivity (Wildman–Crippen MR) is 166 cm³/mol. The van der Waals surface area contributed by atoms with Gasteiger partial charge >= 0.3 is 0 Å². The molecule has 0 N–H and O–H groups in total. The van der Waals surface area contributed by atoms with E-state index >= 15 is 0 Å². The molecular formula is C34H34N6O2. The van der Waals surface area contributed by atoms with Crippen molar-refractivity contribution >= 4 is 17.2 Å². The van der Waals surface area contributed by atoms with Gasteiger partial charge in [0.15, 0.2) is 0 Å². The summed E-state index contributed by atoms with van der Waals surface area (Å²) in [4.78, 5) is 15.4. The predicted octanol–water partition coefficient (Wildman–Crippen LogP) is 6.80. The van der Waals surface area contributed by atoms with E-state index in [1.807, 2.05) is 99.5 Å². The van der Waals surface area contributed by atoms with Crippen LogP contribution in [0.15, 0.2) is 104 Å². The molecule has 3 heterocycles. The Kier molecular flexibility index (Phi) is 7.60. The van der Waals surface area contributed by atoms with Crippen LogP contribution in [-0.2, 0) is 6.54 Å². The highest BCUT2D eigenvalue weighted by Crippen LogP contribution is 2.28. The first-order valence-corrected chi connectivity index (χ1v) is 14.2. The first-order valence-electron chi connectivity index (χ1n) is 14.2. The minimum absolute atomic E-state index is 0.00907. The van der Waals surface area contributed by atoms with E-state index in [1.54, 1.807) is 7.11 Å². The van der Waals surface area contributed by atoms with Crippen LogP contribution >= 0.6 is 0 Å². The lowest BCUT2D eigenvalue weighted by Crippen LogP contribution is -2.32. The number of unbranched alkanes of at least 4 members (excludes halogenated alkanes) is 1. The second-order valence-electron chi connectivity index (χ2n) is 10.4. The number of hydrogen-bond donors (Lipinski definition) is 0.